The third kappa shape index (κ3) is 7.27. The highest BCUT2D eigenvalue weighted by atomic mass is 19.1. The van der Waals surface area contributed by atoms with E-state index < -0.39 is 23.5 Å². The van der Waals surface area contributed by atoms with Crippen LogP contribution >= 0.6 is 0 Å². The van der Waals surface area contributed by atoms with Gasteiger partial charge in [-0.25, -0.2) is 19.2 Å². The van der Waals surface area contributed by atoms with Crippen LogP contribution in [0.15, 0.2) is 78.9 Å². The highest BCUT2D eigenvalue weighted by Gasteiger charge is 2.19. The van der Waals surface area contributed by atoms with Gasteiger partial charge in [-0.1, -0.05) is 42.5 Å². The van der Waals surface area contributed by atoms with Crippen molar-refractivity contribution in [1.29, 1.82) is 5.41 Å². The molecular formula is C35H32FN5O5. The molecule has 0 aliphatic rings. The van der Waals surface area contributed by atoms with Crippen molar-refractivity contribution in [2.75, 3.05) is 17.7 Å². The summed E-state index contributed by atoms with van der Waals surface area (Å²) in [4.78, 5) is 33.6. The van der Waals surface area contributed by atoms with Crippen LogP contribution in [0.2, 0.25) is 0 Å². The maximum absolute atomic E-state index is 15.4. The van der Waals surface area contributed by atoms with Crippen LogP contribution in [-0.4, -0.2) is 41.0 Å². The molecule has 5 rings (SSSR count). The second-order valence-corrected chi connectivity index (χ2v) is 11.3. The van der Waals surface area contributed by atoms with E-state index >= 15 is 4.39 Å². The fraction of sp³-hybridized carbons (Fsp3) is 0.171. The number of anilines is 3. The van der Waals surface area contributed by atoms with E-state index in [0.717, 1.165) is 11.8 Å². The third-order valence-electron chi connectivity index (χ3n) is 6.65. The van der Waals surface area contributed by atoms with Crippen LogP contribution in [0, 0.1) is 11.2 Å². The first-order valence-corrected chi connectivity index (χ1v) is 14.3. The van der Waals surface area contributed by atoms with Crippen LogP contribution in [0.1, 0.15) is 33.3 Å². The minimum atomic E-state index is -0.694. The molecule has 1 aromatic heterocycles. The second kappa shape index (κ2) is 13.0. The van der Waals surface area contributed by atoms with Crippen LogP contribution in [0.5, 0.6) is 11.5 Å². The number of ether oxygens (including phenoxy) is 3. The Morgan fingerprint density at radius 2 is 1.67 bits per heavy atom. The zero-order chi connectivity index (χ0) is 33.0. The van der Waals surface area contributed by atoms with E-state index in [1.165, 1.54) is 20.1 Å². The van der Waals surface area contributed by atoms with Crippen molar-refractivity contribution in [3.05, 3.63) is 90.2 Å². The van der Waals surface area contributed by atoms with Crippen LogP contribution in [-0.2, 0) is 9.53 Å². The predicted molar refractivity (Wildman–Crippen MR) is 176 cm³/mol. The molecule has 0 aliphatic carbocycles. The van der Waals surface area contributed by atoms with Crippen molar-refractivity contribution in [3.8, 4) is 34.0 Å². The normalized spacial score (nSPS) is 11.1. The number of rotatable bonds is 8. The molecule has 0 unspecified atom stereocenters. The number of carbonyl (C=O) groups excluding carboxylic acids is 2. The van der Waals surface area contributed by atoms with E-state index in [4.69, 9.17) is 29.6 Å². The molecule has 1 amide bonds. The van der Waals surface area contributed by atoms with Gasteiger partial charge in [0.1, 0.15) is 17.2 Å². The van der Waals surface area contributed by atoms with E-state index in [1.54, 1.807) is 63.2 Å². The quantitative estimate of drug-likeness (QED) is 0.0898. The van der Waals surface area contributed by atoms with Gasteiger partial charge in [0, 0.05) is 47.0 Å². The number of hydrogen-bond acceptors (Lipinski definition) is 9. The van der Waals surface area contributed by atoms with Gasteiger partial charge in [0.25, 0.3) is 0 Å². The molecule has 11 heteroatoms. The number of carbonyl (C=O) groups is 2. The summed E-state index contributed by atoms with van der Waals surface area (Å²) >= 11 is 0. The molecule has 4 aromatic carbocycles. The first kappa shape index (κ1) is 31.6. The lowest BCUT2D eigenvalue weighted by molar-refractivity contribution is -0.132. The van der Waals surface area contributed by atoms with Gasteiger partial charge in [-0.05, 0) is 56.7 Å². The lowest BCUT2D eigenvalue weighted by Crippen LogP contribution is -2.27. The topological polar surface area (TPSA) is 136 Å². The SMILES string of the molecule is COc1cc2nc(-c3ccc(-c4ccccc4)c(F)c3)nc(Nc3ccc(NC(=O)OC(C)(C)C)c(C=N)c3)c2cc1OC(C)=O. The Bertz CT molecular complexity index is 1960. The molecule has 0 radical (unpaired) electrons. The number of amides is 1. The largest absolute Gasteiger partial charge is 0.493 e. The van der Waals surface area contributed by atoms with Crippen molar-refractivity contribution < 1.29 is 28.2 Å². The fourth-order valence-electron chi connectivity index (χ4n) is 4.69. The zero-order valence-electron chi connectivity index (χ0n) is 25.9. The summed E-state index contributed by atoms with van der Waals surface area (Å²) in [6.45, 7) is 6.55. The molecule has 0 aliphatic heterocycles. The van der Waals surface area contributed by atoms with Crippen LogP contribution in [0.3, 0.4) is 0 Å². The number of aromatic nitrogens is 2. The average molecular weight is 622 g/mol. The number of hydrogen-bond donors (Lipinski definition) is 3. The molecule has 3 N–H and O–H groups in total. The third-order valence-corrected chi connectivity index (χ3v) is 6.65. The van der Waals surface area contributed by atoms with Crippen LogP contribution in [0.4, 0.5) is 26.4 Å². The van der Waals surface area contributed by atoms with Crippen molar-refractivity contribution in [2.24, 2.45) is 0 Å². The molecule has 10 nitrogen and oxygen atoms in total. The number of nitrogens with zero attached hydrogens (tertiary/aromatic N) is 2. The fourth-order valence-corrected chi connectivity index (χ4v) is 4.69. The lowest BCUT2D eigenvalue weighted by Gasteiger charge is -2.20. The van der Waals surface area contributed by atoms with E-state index in [1.807, 2.05) is 30.3 Å². The van der Waals surface area contributed by atoms with Crippen molar-refractivity contribution in [2.45, 2.75) is 33.3 Å². The van der Waals surface area contributed by atoms with Gasteiger partial charge in [0.2, 0.25) is 0 Å². The highest BCUT2D eigenvalue weighted by molar-refractivity contribution is 5.97. The Kier molecular flexibility index (Phi) is 8.94. The lowest BCUT2D eigenvalue weighted by atomic mass is 10.0. The van der Waals surface area contributed by atoms with E-state index in [9.17, 15) is 9.59 Å². The number of fused-ring (bicyclic) bond motifs is 1. The summed E-state index contributed by atoms with van der Waals surface area (Å²) in [5.41, 5.74) is 2.65. The summed E-state index contributed by atoms with van der Waals surface area (Å²) < 4.78 is 31.6. The van der Waals surface area contributed by atoms with Gasteiger partial charge in [0.15, 0.2) is 17.3 Å². The molecule has 0 bridgehead atoms. The summed E-state index contributed by atoms with van der Waals surface area (Å²) in [6, 6.07) is 22.2. The Balaban J connectivity index is 1.59. The van der Waals surface area contributed by atoms with Gasteiger partial charge >= 0.3 is 12.1 Å². The second-order valence-electron chi connectivity index (χ2n) is 11.3. The van der Waals surface area contributed by atoms with Crippen molar-refractivity contribution >= 4 is 46.4 Å². The van der Waals surface area contributed by atoms with Gasteiger partial charge < -0.3 is 24.9 Å². The molecule has 0 fully saturated rings. The monoisotopic (exact) mass is 621 g/mol. The van der Waals surface area contributed by atoms with Gasteiger partial charge in [0.05, 0.1) is 18.3 Å². The molecular weight excluding hydrogens is 589 g/mol. The Labute approximate surface area is 265 Å². The minimum absolute atomic E-state index is 0.164. The van der Waals surface area contributed by atoms with Crippen LogP contribution in [0.25, 0.3) is 33.4 Å². The molecule has 0 atom stereocenters. The van der Waals surface area contributed by atoms with Crippen molar-refractivity contribution in [3.63, 3.8) is 0 Å². The Morgan fingerprint density at radius 3 is 2.33 bits per heavy atom. The molecule has 0 spiro atoms. The summed E-state index contributed by atoms with van der Waals surface area (Å²) in [7, 11) is 1.44. The number of nitrogens with one attached hydrogen (secondary N) is 3. The van der Waals surface area contributed by atoms with Gasteiger partial charge in [-0.2, -0.15) is 0 Å². The molecule has 0 saturated carbocycles. The summed E-state index contributed by atoms with van der Waals surface area (Å²) in [5.74, 6) is -0.000683. The summed E-state index contributed by atoms with van der Waals surface area (Å²) in [5, 5.41) is 14.3. The highest BCUT2D eigenvalue weighted by Crippen LogP contribution is 2.37. The Morgan fingerprint density at radius 1 is 0.913 bits per heavy atom. The Hall–Kier alpha value is -5.84. The smallest absolute Gasteiger partial charge is 0.412 e. The molecule has 1 heterocycles. The first-order valence-electron chi connectivity index (χ1n) is 14.3. The zero-order valence-corrected chi connectivity index (χ0v) is 25.9. The molecule has 46 heavy (non-hydrogen) atoms. The number of halogens is 1. The standard InChI is InChI=1S/C35H32FN5O5/c1-20(42)45-31-17-26-29(18-30(31)44-5)39-32(22-11-13-25(27(36)16-22)21-9-7-6-8-10-21)41-33(26)38-24-12-14-28(23(15-24)19-37)40-34(43)46-35(2,3)4/h6-19,37H,1-5H3,(H,40,43)(H,38,39,41). The number of esters is 1. The summed E-state index contributed by atoms with van der Waals surface area (Å²) in [6.07, 6.45) is 0.447. The van der Waals surface area contributed by atoms with E-state index in [-0.39, 0.29) is 17.3 Å². The maximum atomic E-state index is 15.4. The van der Waals surface area contributed by atoms with Crippen LogP contribution < -0.4 is 20.1 Å². The van der Waals surface area contributed by atoms with Gasteiger partial charge in [-0.3, -0.25) is 10.1 Å². The molecule has 0 saturated heterocycles. The first-order chi connectivity index (χ1) is 21.9. The van der Waals surface area contributed by atoms with E-state index in [2.05, 4.69) is 10.6 Å². The number of methoxy groups -OCH3 is 1. The number of benzene rings is 4. The molecule has 234 valence electrons. The maximum Gasteiger partial charge on any atom is 0.412 e. The minimum Gasteiger partial charge on any atom is -0.493 e. The molecule has 5 aromatic rings. The van der Waals surface area contributed by atoms with Crippen molar-refractivity contribution in [1.82, 2.24) is 9.97 Å². The van der Waals surface area contributed by atoms with E-state index in [0.29, 0.717) is 44.8 Å². The average Bonchev–Trinajstić information content (AvgIpc) is 3.00. The predicted octanol–water partition coefficient (Wildman–Crippen LogP) is 8.13. The van der Waals surface area contributed by atoms with Gasteiger partial charge in [-0.15, -0.1) is 0 Å².